The first-order valence-electron chi connectivity index (χ1n) is 4.78. The van der Waals surface area contributed by atoms with Gasteiger partial charge in [0.25, 0.3) is 0 Å². The van der Waals surface area contributed by atoms with Crippen LogP contribution in [0.5, 0.6) is 0 Å². The summed E-state index contributed by atoms with van der Waals surface area (Å²) in [4.78, 5) is 21.2. The zero-order chi connectivity index (χ0) is 11.8. The Labute approximate surface area is 93.0 Å². The number of carbonyl (C=O) groups is 2. The van der Waals surface area contributed by atoms with Gasteiger partial charge in [0, 0.05) is 0 Å². The lowest BCUT2D eigenvalue weighted by atomic mass is 10.2. The number of nitrogens with one attached hydrogen (secondary N) is 1. The van der Waals surface area contributed by atoms with E-state index in [4.69, 9.17) is 9.84 Å². The van der Waals surface area contributed by atoms with Gasteiger partial charge in [-0.3, -0.25) is 4.79 Å². The maximum atomic E-state index is 11.1. The summed E-state index contributed by atoms with van der Waals surface area (Å²) in [7, 11) is 0. The van der Waals surface area contributed by atoms with Crippen molar-refractivity contribution >= 4 is 11.9 Å². The first kappa shape index (κ1) is 12.2. The second-order valence-corrected chi connectivity index (χ2v) is 3.18. The highest BCUT2D eigenvalue weighted by Gasteiger charge is 2.03. The van der Waals surface area contributed by atoms with Gasteiger partial charge in [-0.1, -0.05) is 30.3 Å². The number of hydrogen-bond acceptors (Lipinski definition) is 3. The Morgan fingerprint density at radius 2 is 1.94 bits per heavy atom. The molecule has 0 radical (unpaired) electrons. The molecule has 1 aromatic rings. The van der Waals surface area contributed by atoms with Crippen molar-refractivity contribution in [1.82, 2.24) is 5.32 Å². The molecule has 0 aliphatic rings. The first-order chi connectivity index (χ1) is 7.68. The minimum Gasteiger partial charge on any atom is -0.465 e. The van der Waals surface area contributed by atoms with Crippen LogP contribution in [-0.4, -0.2) is 30.1 Å². The van der Waals surface area contributed by atoms with E-state index in [1.165, 1.54) is 0 Å². The quantitative estimate of drug-likeness (QED) is 0.755. The molecule has 16 heavy (non-hydrogen) atoms. The fourth-order valence-electron chi connectivity index (χ4n) is 1.08. The van der Waals surface area contributed by atoms with Gasteiger partial charge in [-0.05, 0) is 5.56 Å². The molecule has 2 N–H and O–H groups in total. The molecule has 0 unspecified atom stereocenters. The standard InChI is InChI=1S/C11H13NO4/c13-10(6-12-11(14)15)8-16-7-9-4-2-1-3-5-9/h1-5,12H,6-8H2,(H,14,15). The lowest BCUT2D eigenvalue weighted by Gasteiger charge is -2.03. The van der Waals surface area contributed by atoms with Crippen LogP contribution in [0, 0.1) is 0 Å². The molecule has 0 heterocycles. The van der Waals surface area contributed by atoms with E-state index in [1.54, 1.807) is 0 Å². The van der Waals surface area contributed by atoms with E-state index in [9.17, 15) is 9.59 Å². The van der Waals surface area contributed by atoms with E-state index in [2.05, 4.69) is 0 Å². The monoisotopic (exact) mass is 223 g/mol. The maximum Gasteiger partial charge on any atom is 0.405 e. The summed E-state index contributed by atoms with van der Waals surface area (Å²) in [5.41, 5.74) is 0.974. The van der Waals surface area contributed by atoms with E-state index >= 15 is 0 Å². The number of hydrogen-bond donors (Lipinski definition) is 2. The Hall–Kier alpha value is -1.88. The van der Waals surface area contributed by atoms with Gasteiger partial charge in [0.05, 0.1) is 13.2 Å². The van der Waals surface area contributed by atoms with Gasteiger partial charge in [-0.2, -0.15) is 0 Å². The van der Waals surface area contributed by atoms with Crippen LogP contribution in [0.3, 0.4) is 0 Å². The van der Waals surface area contributed by atoms with E-state index in [-0.39, 0.29) is 18.9 Å². The predicted molar refractivity (Wildman–Crippen MR) is 57.1 cm³/mol. The van der Waals surface area contributed by atoms with Crippen molar-refractivity contribution in [3.63, 3.8) is 0 Å². The molecule has 0 fully saturated rings. The van der Waals surface area contributed by atoms with Gasteiger partial charge in [0.2, 0.25) is 0 Å². The molecule has 1 amide bonds. The van der Waals surface area contributed by atoms with Crippen LogP contribution in [0.15, 0.2) is 30.3 Å². The third-order valence-corrected chi connectivity index (χ3v) is 1.81. The van der Waals surface area contributed by atoms with Crippen LogP contribution >= 0.6 is 0 Å². The molecule has 0 saturated carbocycles. The largest absolute Gasteiger partial charge is 0.465 e. The minimum atomic E-state index is -1.21. The summed E-state index contributed by atoms with van der Waals surface area (Å²) in [6.45, 7) is 0.0406. The van der Waals surface area contributed by atoms with Crippen LogP contribution in [-0.2, 0) is 16.1 Å². The van der Waals surface area contributed by atoms with Gasteiger partial charge in [-0.25, -0.2) is 4.79 Å². The molecular weight excluding hydrogens is 210 g/mol. The third kappa shape index (κ3) is 5.11. The Bertz CT molecular complexity index is 350. The average Bonchev–Trinajstić information content (AvgIpc) is 2.28. The summed E-state index contributed by atoms with van der Waals surface area (Å²) in [6.07, 6.45) is -1.21. The van der Waals surface area contributed by atoms with Crippen LogP contribution in [0.4, 0.5) is 4.79 Å². The average molecular weight is 223 g/mol. The number of benzene rings is 1. The highest BCUT2D eigenvalue weighted by molar-refractivity contribution is 5.84. The summed E-state index contributed by atoms with van der Waals surface area (Å²) < 4.78 is 5.13. The highest BCUT2D eigenvalue weighted by atomic mass is 16.5. The molecule has 86 valence electrons. The molecule has 0 aliphatic carbocycles. The topological polar surface area (TPSA) is 75.6 Å². The Kier molecular flexibility index (Phi) is 5.01. The number of carbonyl (C=O) groups excluding carboxylic acids is 1. The Morgan fingerprint density at radius 3 is 2.56 bits per heavy atom. The molecule has 1 aromatic carbocycles. The van der Waals surface area contributed by atoms with Crippen molar-refractivity contribution in [1.29, 1.82) is 0 Å². The van der Waals surface area contributed by atoms with Crippen LogP contribution in [0.1, 0.15) is 5.56 Å². The predicted octanol–water partition coefficient (Wildman–Crippen LogP) is 1.04. The van der Waals surface area contributed by atoms with E-state index in [0.717, 1.165) is 5.56 Å². The van der Waals surface area contributed by atoms with Crippen molar-refractivity contribution in [3.8, 4) is 0 Å². The van der Waals surface area contributed by atoms with Crippen molar-refractivity contribution in [2.24, 2.45) is 0 Å². The van der Waals surface area contributed by atoms with Crippen LogP contribution in [0.2, 0.25) is 0 Å². The van der Waals surface area contributed by atoms with Gasteiger partial charge < -0.3 is 15.2 Å². The molecule has 0 atom stereocenters. The van der Waals surface area contributed by atoms with E-state index in [1.807, 2.05) is 35.6 Å². The molecule has 5 nitrogen and oxygen atoms in total. The fourth-order valence-corrected chi connectivity index (χ4v) is 1.08. The lowest BCUT2D eigenvalue weighted by Crippen LogP contribution is -2.29. The molecule has 5 heteroatoms. The van der Waals surface area contributed by atoms with Crippen LogP contribution in [0.25, 0.3) is 0 Å². The van der Waals surface area contributed by atoms with E-state index < -0.39 is 6.09 Å². The van der Waals surface area contributed by atoms with Crippen molar-refractivity contribution in [2.45, 2.75) is 6.61 Å². The lowest BCUT2D eigenvalue weighted by molar-refractivity contribution is -0.123. The number of Topliss-reactive ketones (excluding diaryl/α,β-unsaturated/α-hetero) is 1. The minimum absolute atomic E-state index is 0.0881. The van der Waals surface area contributed by atoms with Crippen molar-refractivity contribution < 1.29 is 19.4 Å². The highest BCUT2D eigenvalue weighted by Crippen LogP contribution is 1.99. The number of ketones is 1. The third-order valence-electron chi connectivity index (χ3n) is 1.81. The summed E-state index contributed by atoms with van der Waals surface area (Å²) in [6, 6.07) is 9.43. The summed E-state index contributed by atoms with van der Waals surface area (Å²) in [5.74, 6) is -0.293. The number of rotatable bonds is 6. The smallest absolute Gasteiger partial charge is 0.405 e. The number of amides is 1. The molecule has 0 aliphatic heterocycles. The van der Waals surface area contributed by atoms with Crippen LogP contribution < -0.4 is 5.32 Å². The van der Waals surface area contributed by atoms with E-state index in [0.29, 0.717) is 6.61 Å². The molecular formula is C11H13NO4. The second kappa shape index (κ2) is 6.58. The van der Waals surface area contributed by atoms with Crippen molar-refractivity contribution in [3.05, 3.63) is 35.9 Å². The normalized spacial score (nSPS) is 9.75. The van der Waals surface area contributed by atoms with Gasteiger partial charge in [0.15, 0.2) is 5.78 Å². The molecule has 0 bridgehead atoms. The Balaban J connectivity index is 2.16. The SMILES string of the molecule is O=C(CNC(=O)O)COCc1ccccc1. The maximum absolute atomic E-state index is 11.1. The number of carboxylic acid groups (broad SMARTS) is 1. The van der Waals surface area contributed by atoms with Gasteiger partial charge in [-0.15, -0.1) is 0 Å². The summed E-state index contributed by atoms with van der Waals surface area (Å²) >= 11 is 0. The molecule has 1 rings (SSSR count). The first-order valence-corrected chi connectivity index (χ1v) is 4.78. The second-order valence-electron chi connectivity index (χ2n) is 3.18. The Morgan fingerprint density at radius 1 is 1.25 bits per heavy atom. The molecule has 0 spiro atoms. The molecule has 0 saturated heterocycles. The van der Waals surface area contributed by atoms with Crippen molar-refractivity contribution in [2.75, 3.05) is 13.2 Å². The number of ether oxygens (including phenoxy) is 1. The molecule has 0 aromatic heterocycles. The van der Waals surface area contributed by atoms with Gasteiger partial charge >= 0.3 is 6.09 Å². The van der Waals surface area contributed by atoms with Gasteiger partial charge in [0.1, 0.15) is 6.61 Å². The zero-order valence-corrected chi connectivity index (χ0v) is 8.68. The fraction of sp³-hybridized carbons (Fsp3) is 0.273. The zero-order valence-electron chi connectivity index (χ0n) is 8.68. The summed E-state index contributed by atoms with van der Waals surface area (Å²) in [5, 5.41) is 10.2.